The molecule has 4 heteroatoms. The molecule has 0 radical (unpaired) electrons. The van der Waals surface area contributed by atoms with Gasteiger partial charge in [0.1, 0.15) is 0 Å². The molecule has 2 N–H and O–H groups in total. The van der Waals surface area contributed by atoms with Crippen molar-refractivity contribution in [3.63, 3.8) is 0 Å². The van der Waals surface area contributed by atoms with Gasteiger partial charge in [-0.05, 0) is 42.4 Å². The molecular weight excluding hydrogens is 306 g/mol. The average molecular weight is 320 g/mol. The van der Waals surface area contributed by atoms with Gasteiger partial charge in [0, 0.05) is 4.47 Å². The molecule has 0 saturated carbocycles. The number of aromatic carboxylic acids is 1. The molecule has 2 aromatic rings. The lowest BCUT2D eigenvalue weighted by atomic mass is 9.98. The van der Waals surface area contributed by atoms with E-state index in [-0.39, 0.29) is 6.04 Å². The number of nitrogens with one attached hydrogen (secondary N) is 1. The van der Waals surface area contributed by atoms with E-state index in [1.807, 2.05) is 43.4 Å². The molecule has 2 rings (SSSR count). The second-order valence-electron chi connectivity index (χ2n) is 4.20. The van der Waals surface area contributed by atoms with Gasteiger partial charge < -0.3 is 10.4 Å². The van der Waals surface area contributed by atoms with Crippen molar-refractivity contribution in [3.05, 3.63) is 69.7 Å². The first kappa shape index (κ1) is 13.8. The minimum Gasteiger partial charge on any atom is -0.478 e. The number of carboxylic acid groups (broad SMARTS) is 1. The predicted molar refractivity (Wildman–Crippen MR) is 78.4 cm³/mol. The summed E-state index contributed by atoms with van der Waals surface area (Å²) in [6.07, 6.45) is 0. The molecule has 0 saturated heterocycles. The molecule has 0 bridgehead atoms. The van der Waals surface area contributed by atoms with Crippen LogP contribution in [0.2, 0.25) is 0 Å². The van der Waals surface area contributed by atoms with Crippen LogP contribution in [0.1, 0.15) is 27.5 Å². The van der Waals surface area contributed by atoms with Crippen LogP contribution in [0, 0.1) is 0 Å². The maximum Gasteiger partial charge on any atom is 0.335 e. The number of halogens is 1. The van der Waals surface area contributed by atoms with Crippen molar-refractivity contribution in [3.8, 4) is 0 Å². The molecular formula is C15H14BrNO2. The van der Waals surface area contributed by atoms with Gasteiger partial charge in [-0.15, -0.1) is 0 Å². The van der Waals surface area contributed by atoms with Crippen LogP contribution in [-0.2, 0) is 0 Å². The lowest BCUT2D eigenvalue weighted by molar-refractivity contribution is 0.0697. The van der Waals surface area contributed by atoms with Crippen LogP contribution >= 0.6 is 15.9 Å². The lowest BCUT2D eigenvalue weighted by Gasteiger charge is -2.17. The molecule has 0 aliphatic rings. The largest absolute Gasteiger partial charge is 0.478 e. The fourth-order valence-corrected chi connectivity index (χ4v) is 2.26. The molecule has 0 spiro atoms. The quantitative estimate of drug-likeness (QED) is 0.907. The first-order chi connectivity index (χ1) is 9.11. The summed E-state index contributed by atoms with van der Waals surface area (Å²) in [4.78, 5) is 10.8. The Hall–Kier alpha value is -1.65. The van der Waals surface area contributed by atoms with E-state index in [2.05, 4.69) is 21.2 Å². The first-order valence-corrected chi connectivity index (χ1v) is 6.67. The Morgan fingerprint density at radius 1 is 1.05 bits per heavy atom. The molecule has 19 heavy (non-hydrogen) atoms. The van der Waals surface area contributed by atoms with Crippen molar-refractivity contribution in [1.82, 2.24) is 5.32 Å². The zero-order valence-corrected chi connectivity index (χ0v) is 12.0. The van der Waals surface area contributed by atoms with Gasteiger partial charge in [-0.1, -0.05) is 40.2 Å². The third kappa shape index (κ3) is 3.22. The van der Waals surface area contributed by atoms with Gasteiger partial charge in [0.15, 0.2) is 0 Å². The number of hydrogen-bond donors (Lipinski definition) is 2. The average Bonchev–Trinajstić information content (AvgIpc) is 2.42. The summed E-state index contributed by atoms with van der Waals surface area (Å²) < 4.78 is 1.03. The topological polar surface area (TPSA) is 49.3 Å². The summed E-state index contributed by atoms with van der Waals surface area (Å²) in [5, 5.41) is 12.1. The van der Waals surface area contributed by atoms with Gasteiger partial charge in [0.25, 0.3) is 0 Å². The highest BCUT2D eigenvalue weighted by Gasteiger charge is 2.12. The Morgan fingerprint density at radius 2 is 1.53 bits per heavy atom. The molecule has 0 aliphatic carbocycles. The fraction of sp³-hybridized carbons (Fsp3) is 0.133. The Morgan fingerprint density at radius 3 is 1.95 bits per heavy atom. The van der Waals surface area contributed by atoms with Gasteiger partial charge in [0.05, 0.1) is 11.6 Å². The van der Waals surface area contributed by atoms with Crippen molar-refractivity contribution >= 4 is 21.9 Å². The maximum atomic E-state index is 10.8. The van der Waals surface area contributed by atoms with E-state index < -0.39 is 5.97 Å². The Kier molecular flexibility index (Phi) is 4.35. The van der Waals surface area contributed by atoms with E-state index in [1.165, 1.54) is 0 Å². The highest BCUT2D eigenvalue weighted by Crippen LogP contribution is 2.23. The van der Waals surface area contributed by atoms with Crippen LogP contribution in [0.25, 0.3) is 0 Å². The van der Waals surface area contributed by atoms with E-state index in [4.69, 9.17) is 5.11 Å². The number of carboxylic acids is 1. The minimum absolute atomic E-state index is 0.0518. The molecule has 0 heterocycles. The number of benzene rings is 2. The summed E-state index contributed by atoms with van der Waals surface area (Å²) in [6, 6.07) is 15.0. The van der Waals surface area contributed by atoms with Gasteiger partial charge in [-0.2, -0.15) is 0 Å². The van der Waals surface area contributed by atoms with E-state index in [9.17, 15) is 4.79 Å². The van der Waals surface area contributed by atoms with Gasteiger partial charge >= 0.3 is 5.97 Å². The van der Waals surface area contributed by atoms with E-state index in [0.29, 0.717) is 5.56 Å². The van der Waals surface area contributed by atoms with Crippen LogP contribution in [0.4, 0.5) is 0 Å². The van der Waals surface area contributed by atoms with Crippen molar-refractivity contribution in [2.75, 3.05) is 7.05 Å². The number of carbonyl (C=O) groups is 1. The molecule has 98 valence electrons. The van der Waals surface area contributed by atoms with E-state index in [1.54, 1.807) is 12.1 Å². The molecule has 0 amide bonds. The molecule has 1 atom stereocenters. The minimum atomic E-state index is -0.906. The second-order valence-corrected chi connectivity index (χ2v) is 5.12. The van der Waals surface area contributed by atoms with Gasteiger partial charge in [-0.3, -0.25) is 0 Å². The zero-order valence-electron chi connectivity index (χ0n) is 10.4. The second kappa shape index (κ2) is 5.99. The van der Waals surface area contributed by atoms with Crippen LogP contribution in [0.3, 0.4) is 0 Å². The molecule has 0 fully saturated rings. The summed E-state index contributed by atoms with van der Waals surface area (Å²) in [6.45, 7) is 0. The van der Waals surface area contributed by atoms with Crippen molar-refractivity contribution < 1.29 is 9.90 Å². The normalized spacial score (nSPS) is 12.1. The molecule has 0 aliphatic heterocycles. The lowest BCUT2D eigenvalue weighted by Crippen LogP contribution is -2.17. The standard InChI is InChI=1S/C15H14BrNO2/c1-17-14(11-6-8-13(16)9-7-11)10-2-4-12(5-3-10)15(18)19/h2-9,14,17H,1H3,(H,18,19). The van der Waals surface area contributed by atoms with E-state index in [0.717, 1.165) is 15.6 Å². The first-order valence-electron chi connectivity index (χ1n) is 5.88. The highest BCUT2D eigenvalue weighted by atomic mass is 79.9. The molecule has 1 unspecified atom stereocenters. The van der Waals surface area contributed by atoms with Crippen LogP contribution < -0.4 is 5.32 Å². The highest BCUT2D eigenvalue weighted by molar-refractivity contribution is 9.10. The Balaban J connectivity index is 2.31. The number of rotatable bonds is 4. The molecule has 0 aromatic heterocycles. The Bertz CT molecular complexity index is 564. The summed E-state index contributed by atoms with van der Waals surface area (Å²) in [5.41, 5.74) is 2.47. The van der Waals surface area contributed by atoms with Crippen LogP contribution in [0.15, 0.2) is 53.0 Å². The zero-order chi connectivity index (χ0) is 13.8. The van der Waals surface area contributed by atoms with Gasteiger partial charge in [0.2, 0.25) is 0 Å². The third-order valence-corrected chi connectivity index (χ3v) is 3.51. The van der Waals surface area contributed by atoms with Crippen molar-refractivity contribution in [1.29, 1.82) is 0 Å². The van der Waals surface area contributed by atoms with Crippen LogP contribution in [-0.4, -0.2) is 18.1 Å². The maximum absolute atomic E-state index is 10.8. The fourth-order valence-electron chi connectivity index (χ4n) is 2.00. The van der Waals surface area contributed by atoms with Gasteiger partial charge in [-0.25, -0.2) is 4.79 Å². The molecule has 3 nitrogen and oxygen atoms in total. The van der Waals surface area contributed by atoms with Crippen LogP contribution in [0.5, 0.6) is 0 Å². The van der Waals surface area contributed by atoms with Crippen molar-refractivity contribution in [2.24, 2.45) is 0 Å². The summed E-state index contributed by atoms with van der Waals surface area (Å²) in [5.74, 6) is -0.906. The van der Waals surface area contributed by atoms with E-state index >= 15 is 0 Å². The SMILES string of the molecule is CNC(c1ccc(Br)cc1)c1ccc(C(=O)O)cc1. The predicted octanol–water partition coefficient (Wildman–Crippen LogP) is 3.46. The summed E-state index contributed by atoms with van der Waals surface area (Å²) in [7, 11) is 1.89. The monoisotopic (exact) mass is 319 g/mol. The third-order valence-electron chi connectivity index (χ3n) is 2.98. The number of hydrogen-bond acceptors (Lipinski definition) is 2. The Labute approximate surface area is 120 Å². The molecule has 2 aromatic carbocycles. The summed E-state index contributed by atoms with van der Waals surface area (Å²) >= 11 is 3.41. The van der Waals surface area contributed by atoms with Crippen molar-refractivity contribution in [2.45, 2.75) is 6.04 Å². The smallest absolute Gasteiger partial charge is 0.335 e.